The SMILES string of the molecule is CN1c2ccccc2C2(c3ccccc3-c3ccccc32)c2ccccc21.CN1c2ccccc2[Si](C)(C)c2ccccc21.CN1c2ccccc2[Si](c2ccccc2)(c2ccccc2)c2ccccc21. The minimum Gasteiger partial charge on any atom is -0.345 e. The lowest BCUT2D eigenvalue weighted by atomic mass is 9.65. The van der Waals surface area contributed by atoms with Gasteiger partial charge < -0.3 is 14.7 Å². The van der Waals surface area contributed by atoms with Crippen molar-refractivity contribution in [3.8, 4) is 11.1 Å². The third-order valence-corrected chi connectivity index (χ3v) is 24.3. The predicted molar refractivity (Wildman–Crippen MR) is 308 cm³/mol. The smallest absolute Gasteiger partial charge is 0.183 e. The van der Waals surface area contributed by atoms with Gasteiger partial charge in [-0.05, 0) is 101 Å². The maximum atomic E-state index is 2.44. The quantitative estimate of drug-likeness (QED) is 0.160. The number of hydrogen-bond acceptors (Lipinski definition) is 3. The predicted octanol–water partition coefficient (Wildman–Crippen LogP) is 11.9. The lowest BCUT2D eigenvalue weighted by Crippen LogP contribution is -2.77. The maximum Gasteiger partial charge on any atom is 0.183 e. The normalized spacial score (nSPS) is 15.1. The Morgan fingerprint density at radius 2 is 0.535 bits per heavy atom. The summed E-state index contributed by atoms with van der Waals surface area (Å²) in [6.07, 6.45) is 0. The first-order valence-electron chi connectivity index (χ1n) is 24.9. The van der Waals surface area contributed by atoms with Crippen molar-refractivity contribution in [2.75, 3.05) is 35.8 Å². The molecule has 344 valence electrons. The van der Waals surface area contributed by atoms with E-state index in [-0.39, 0.29) is 5.41 Å². The van der Waals surface area contributed by atoms with E-state index >= 15 is 0 Å². The second kappa shape index (κ2) is 17.5. The number of anilines is 6. The molecule has 0 unspecified atom stereocenters. The summed E-state index contributed by atoms with van der Waals surface area (Å²) in [5, 5.41) is 8.88. The minimum atomic E-state index is -2.36. The first-order chi connectivity index (χ1) is 34.8. The van der Waals surface area contributed by atoms with Crippen LogP contribution >= 0.6 is 0 Å². The van der Waals surface area contributed by atoms with Crippen LogP contribution in [0, 0.1) is 0 Å². The summed E-state index contributed by atoms with van der Waals surface area (Å²) in [5.41, 5.74) is 15.9. The fourth-order valence-corrected chi connectivity index (χ4v) is 21.0. The molecule has 71 heavy (non-hydrogen) atoms. The topological polar surface area (TPSA) is 9.72 Å². The number of fused-ring (bicyclic) bond motifs is 13. The minimum absolute atomic E-state index is 0.257. The van der Waals surface area contributed by atoms with Crippen molar-refractivity contribution in [3.63, 3.8) is 0 Å². The summed E-state index contributed by atoms with van der Waals surface area (Å²) in [5.74, 6) is 0. The molecule has 0 N–H and O–H groups in total. The van der Waals surface area contributed by atoms with E-state index in [9.17, 15) is 0 Å². The van der Waals surface area contributed by atoms with Crippen LogP contribution in [0.5, 0.6) is 0 Å². The Morgan fingerprint density at radius 3 is 0.930 bits per heavy atom. The van der Waals surface area contributed by atoms with Crippen LogP contribution in [-0.4, -0.2) is 37.3 Å². The van der Waals surface area contributed by atoms with E-state index in [2.05, 4.69) is 304 Å². The Morgan fingerprint density at radius 1 is 0.268 bits per heavy atom. The molecule has 5 heteroatoms. The molecule has 0 amide bonds. The van der Waals surface area contributed by atoms with Gasteiger partial charge in [-0.1, -0.05) is 231 Å². The number of hydrogen-bond donors (Lipinski definition) is 0. The molecule has 3 nitrogen and oxygen atoms in total. The van der Waals surface area contributed by atoms with Crippen LogP contribution in [0.3, 0.4) is 0 Å². The van der Waals surface area contributed by atoms with Gasteiger partial charge in [0.15, 0.2) is 8.07 Å². The molecule has 0 radical (unpaired) electrons. The van der Waals surface area contributed by atoms with Crippen LogP contribution in [0.4, 0.5) is 34.1 Å². The zero-order chi connectivity index (χ0) is 48.3. The fraction of sp³-hybridized carbons (Fsp3) is 0.0909. The van der Waals surface area contributed by atoms with Crippen molar-refractivity contribution in [2.45, 2.75) is 18.5 Å². The molecular weight excluding hydrogens is 891 g/mol. The molecular formula is C66H57N3Si2. The highest BCUT2D eigenvalue weighted by Crippen LogP contribution is 2.61. The average Bonchev–Trinajstić information content (AvgIpc) is 3.74. The van der Waals surface area contributed by atoms with E-state index in [0.717, 1.165) is 0 Å². The Kier molecular flexibility index (Phi) is 10.9. The van der Waals surface area contributed by atoms with E-state index in [1.54, 1.807) is 10.4 Å². The fourth-order valence-electron chi connectivity index (χ4n) is 12.7. The van der Waals surface area contributed by atoms with E-state index in [1.165, 1.54) is 88.3 Å². The molecule has 10 aromatic carbocycles. The summed E-state index contributed by atoms with van der Waals surface area (Å²) < 4.78 is 0. The molecule has 3 heterocycles. The van der Waals surface area contributed by atoms with Crippen LogP contribution in [-0.2, 0) is 5.41 Å². The van der Waals surface area contributed by atoms with Crippen molar-refractivity contribution < 1.29 is 0 Å². The number of nitrogens with zero attached hydrogens (tertiary/aromatic N) is 3. The third kappa shape index (κ3) is 6.60. The molecule has 3 aliphatic heterocycles. The molecule has 0 saturated heterocycles. The third-order valence-electron chi connectivity index (χ3n) is 15.9. The van der Waals surface area contributed by atoms with Crippen molar-refractivity contribution in [3.05, 3.63) is 277 Å². The van der Waals surface area contributed by atoms with E-state index in [4.69, 9.17) is 0 Å². The average molecular weight is 948 g/mol. The largest absolute Gasteiger partial charge is 0.345 e. The molecule has 4 aliphatic rings. The summed E-state index contributed by atoms with van der Waals surface area (Å²) in [7, 11) is 2.66. The molecule has 1 aliphatic carbocycles. The van der Waals surface area contributed by atoms with Gasteiger partial charge in [0.1, 0.15) is 8.07 Å². The highest BCUT2D eigenvalue weighted by atomic mass is 28.3. The van der Waals surface area contributed by atoms with Crippen molar-refractivity contribution in [1.82, 2.24) is 0 Å². The lowest BCUT2D eigenvalue weighted by Gasteiger charge is -2.43. The van der Waals surface area contributed by atoms with Crippen molar-refractivity contribution >= 4 is 81.4 Å². The zero-order valence-corrected chi connectivity index (χ0v) is 43.1. The second-order valence-electron chi connectivity index (χ2n) is 19.7. The van der Waals surface area contributed by atoms with Crippen molar-refractivity contribution in [1.29, 1.82) is 0 Å². The standard InChI is InChI=1S/C26H19N.C25H21NSi.C15H17NSi/c1-27-24-16-8-6-14-22(24)26(23-15-7-9-17-25(23)27)20-12-4-2-10-18(20)19-11-3-5-13-21(19)26;1-26-22-16-8-10-18-24(22)27(20-12-4-2-5-13-20,21-14-6-3-7-15-21)25-19-11-9-17-23(25)26;1-16-12-8-4-6-10-14(12)17(2,3)15-11-7-5-9-13(15)16/h2-17H,1H3;2-19H,1H3;4-11H,1-3H3. The summed E-state index contributed by atoms with van der Waals surface area (Å²) >= 11 is 0. The molecule has 10 aromatic rings. The van der Waals surface area contributed by atoms with Gasteiger partial charge in [0.25, 0.3) is 0 Å². The zero-order valence-electron chi connectivity index (χ0n) is 41.1. The van der Waals surface area contributed by atoms with Crippen LogP contribution in [0.25, 0.3) is 11.1 Å². The monoisotopic (exact) mass is 947 g/mol. The van der Waals surface area contributed by atoms with Crippen LogP contribution < -0.4 is 45.8 Å². The van der Waals surface area contributed by atoms with E-state index < -0.39 is 16.1 Å². The van der Waals surface area contributed by atoms with Gasteiger partial charge in [0, 0.05) is 55.3 Å². The molecule has 14 rings (SSSR count). The Bertz CT molecular complexity index is 3280. The molecule has 0 atom stereocenters. The lowest BCUT2D eigenvalue weighted by molar-refractivity contribution is 0.748. The first-order valence-corrected chi connectivity index (χ1v) is 29.9. The molecule has 0 fully saturated rings. The second-order valence-corrected chi connectivity index (χ2v) is 27.8. The van der Waals surface area contributed by atoms with E-state index in [1.807, 2.05) is 0 Å². The Hall–Kier alpha value is -7.97. The number of rotatable bonds is 2. The van der Waals surface area contributed by atoms with Gasteiger partial charge in [0.05, 0.1) is 5.41 Å². The highest BCUT2D eigenvalue weighted by Gasteiger charge is 2.51. The van der Waals surface area contributed by atoms with Gasteiger partial charge in [-0.25, -0.2) is 0 Å². The van der Waals surface area contributed by atoms with Gasteiger partial charge in [-0.15, -0.1) is 0 Å². The summed E-state index contributed by atoms with van der Waals surface area (Å²) in [6, 6.07) is 93.3. The van der Waals surface area contributed by atoms with Crippen LogP contribution in [0.1, 0.15) is 22.3 Å². The maximum absolute atomic E-state index is 2.44. The van der Waals surface area contributed by atoms with Crippen LogP contribution in [0.15, 0.2) is 255 Å². The summed E-state index contributed by atoms with van der Waals surface area (Å²) in [4.78, 5) is 7.00. The van der Waals surface area contributed by atoms with Gasteiger partial charge in [-0.2, -0.15) is 0 Å². The van der Waals surface area contributed by atoms with Crippen molar-refractivity contribution in [2.24, 2.45) is 0 Å². The highest BCUT2D eigenvalue weighted by molar-refractivity contribution is 7.21. The molecule has 0 bridgehead atoms. The van der Waals surface area contributed by atoms with Gasteiger partial charge >= 0.3 is 0 Å². The Balaban J connectivity index is 0.000000113. The molecule has 1 spiro atoms. The van der Waals surface area contributed by atoms with Crippen LogP contribution in [0.2, 0.25) is 13.1 Å². The Labute approximate surface area is 421 Å². The summed E-state index contributed by atoms with van der Waals surface area (Å²) in [6.45, 7) is 4.88. The number of para-hydroxylation sites is 6. The molecule has 0 aromatic heterocycles. The van der Waals surface area contributed by atoms with Gasteiger partial charge in [0.2, 0.25) is 0 Å². The molecule has 0 saturated carbocycles. The first kappa shape index (κ1) is 44.3. The van der Waals surface area contributed by atoms with E-state index in [0.29, 0.717) is 0 Å². The number of benzene rings is 10. The van der Waals surface area contributed by atoms with Gasteiger partial charge in [-0.3, -0.25) is 0 Å².